The molecular weight excluding hydrogens is 324 g/mol. The molecule has 134 valence electrons. The third-order valence-corrected chi connectivity index (χ3v) is 5.07. The van der Waals surface area contributed by atoms with Gasteiger partial charge in [-0.05, 0) is 38.2 Å². The Hall–Kier alpha value is -2.69. The molecule has 3 heterocycles. The predicted octanol–water partition coefficient (Wildman–Crippen LogP) is 4.65. The van der Waals surface area contributed by atoms with E-state index in [2.05, 4.69) is 29.1 Å². The first kappa shape index (κ1) is 16.8. The van der Waals surface area contributed by atoms with E-state index in [0.29, 0.717) is 5.92 Å². The molecule has 0 saturated carbocycles. The van der Waals surface area contributed by atoms with Gasteiger partial charge in [-0.25, -0.2) is 9.97 Å². The van der Waals surface area contributed by atoms with E-state index in [-0.39, 0.29) is 0 Å². The lowest BCUT2D eigenvalue weighted by Gasteiger charge is -2.31. The zero-order chi connectivity index (χ0) is 18.1. The van der Waals surface area contributed by atoms with E-state index in [1.54, 1.807) is 0 Å². The number of piperidine rings is 1. The molecular formula is C21H24N4O. The summed E-state index contributed by atoms with van der Waals surface area (Å²) in [7, 11) is 0. The van der Waals surface area contributed by atoms with Gasteiger partial charge in [-0.15, -0.1) is 0 Å². The smallest absolute Gasteiger partial charge is 0.225 e. The van der Waals surface area contributed by atoms with Gasteiger partial charge in [-0.2, -0.15) is 0 Å². The van der Waals surface area contributed by atoms with Crippen molar-refractivity contribution in [1.29, 1.82) is 0 Å². The summed E-state index contributed by atoms with van der Waals surface area (Å²) in [6.07, 6.45) is 4.40. The van der Waals surface area contributed by atoms with Gasteiger partial charge in [-0.1, -0.05) is 42.4 Å². The number of benzene rings is 1. The molecule has 2 aromatic heterocycles. The van der Waals surface area contributed by atoms with Crippen molar-refractivity contribution in [2.24, 2.45) is 5.92 Å². The molecule has 1 aliphatic rings. The van der Waals surface area contributed by atoms with Crippen LogP contribution in [0.4, 0.5) is 5.95 Å². The van der Waals surface area contributed by atoms with Crippen LogP contribution >= 0.6 is 0 Å². The highest BCUT2D eigenvalue weighted by Crippen LogP contribution is 2.35. The first-order valence-corrected chi connectivity index (χ1v) is 9.24. The van der Waals surface area contributed by atoms with E-state index in [4.69, 9.17) is 14.5 Å². The van der Waals surface area contributed by atoms with Gasteiger partial charge >= 0.3 is 0 Å². The van der Waals surface area contributed by atoms with Crippen molar-refractivity contribution in [2.45, 2.75) is 33.6 Å². The maximum atomic E-state index is 5.42. The maximum absolute atomic E-state index is 5.42. The summed E-state index contributed by atoms with van der Waals surface area (Å²) in [6, 6.07) is 10.3. The van der Waals surface area contributed by atoms with Gasteiger partial charge in [-0.3, -0.25) is 0 Å². The van der Waals surface area contributed by atoms with Crippen LogP contribution in [0.3, 0.4) is 0 Å². The summed E-state index contributed by atoms with van der Waals surface area (Å²) in [4.78, 5) is 12.0. The standard InChI is InChI=1S/C21H24N4O/c1-14-8-7-11-25(13-14)21-22-12-18(17-9-5-4-6-10-17)20(23-21)19-15(2)24-26-16(19)3/h4-6,9-10,12,14H,7-8,11,13H2,1-3H3. The Labute approximate surface area is 154 Å². The molecule has 1 fully saturated rings. The molecule has 4 rings (SSSR count). The van der Waals surface area contributed by atoms with Crippen LogP contribution in [0.15, 0.2) is 41.1 Å². The van der Waals surface area contributed by atoms with E-state index in [1.807, 2.05) is 38.2 Å². The second-order valence-corrected chi connectivity index (χ2v) is 7.19. The number of aryl methyl sites for hydroxylation is 2. The molecule has 5 heteroatoms. The summed E-state index contributed by atoms with van der Waals surface area (Å²) in [5, 5.41) is 4.13. The first-order chi connectivity index (χ1) is 12.6. The zero-order valence-electron chi connectivity index (χ0n) is 15.6. The number of nitrogens with zero attached hydrogens (tertiary/aromatic N) is 4. The molecule has 1 unspecified atom stereocenters. The Morgan fingerprint density at radius 2 is 1.96 bits per heavy atom. The van der Waals surface area contributed by atoms with E-state index >= 15 is 0 Å². The second-order valence-electron chi connectivity index (χ2n) is 7.19. The van der Waals surface area contributed by atoms with E-state index in [1.165, 1.54) is 12.8 Å². The third-order valence-electron chi connectivity index (χ3n) is 5.07. The van der Waals surface area contributed by atoms with Crippen molar-refractivity contribution >= 4 is 5.95 Å². The minimum Gasteiger partial charge on any atom is -0.361 e. The fourth-order valence-electron chi connectivity index (χ4n) is 3.74. The van der Waals surface area contributed by atoms with Crippen molar-refractivity contribution in [2.75, 3.05) is 18.0 Å². The summed E-state index contributed by atoms with van der Waals surface area (Å²) in [5.41, 5.74) is 4.83. The number of rotatable bonds is 3. The molecule has 0 radical (unpaired) electrons. The normalized spacial score (nSPS) is 17.5. The van der Waals surface area contributed by atoms with Crippen molar-refractivity contribution in [3.8, 4) is 22.4 Å². The molecule has 5 nitrogen and oxygen atoms in total. The average Bonchev–Trinajstić information content (AvgIpc) is 3.00. The minimum atomic E-state index is 0.670. The summed E-state index contributed by atoms with van der Waals surface area (Å²) < 4.78 is 5.42. The van der Waals surface area contributed by atoms with E-state index in [9.17, 15) is 0 Å². The highest BCUT2D eigenvalue weighted by atomic mass is 16.5. The van der Waals surface area contributed by atoms with E-state index in [0.717, 1.165) is 52.9 Å². The Kier molecular flexibility index (Phi) is 4.45. The van der Waals surface area contributed by atoms with Crippen LogP contribution in [-0.4, -0.2) is 28.2 Å². The monoisotopic (exact) mass is 348 g/mol. The largest absolute Gasteiger partial charge is 0.361 e. The zero-order valence-corrected chi connectivity index (χ0v) is 15.6. The minimum absolute atomic E-state index is 0.670. The lowest BCUT2D eigenvalue weighted by molar-refractivity contribution is 0.393. The van der Waals surface area contributed by atoms with Crippen molar-refractivity contribution in [3.05, 3.63) is 48.0 Å². The second kappa shape index (κ2) is 6.90. The molecule has 0 aliphatic carbocycles. The summed E-state index contributed by atoms with van der Waals surface area (Å²) >= 11 is 0. The third kappa shape index (κ3) is 3.09. The van der Waals surface area contributed by atoms with Gasteiger partial charge in [0, 0.05) is 24.8 Å². The molecule has 0 N–H and O–H groups in total. The first-order valence-electron chi connectivity index (χ1n) is 9.24. The fraction of sp³-hybridized carbons (Fsp3) is 0.381. The molecule has 3 aromatic rings. The van der Waals surface area contributed by atoms with Gasteiger partial charge < -0.3 is 9.42 Å². The molecule has 0 amide bonds. The quantitative estimate of drug-likeness (QED) is 0.689. The predicted molar refractivity (Wildman–Crippen MR) is 103 cm³/mol. The van der Waals surface area contributed by atoms with Crippen LogP contribution in [0.2, 0.25) is 0 Å². The number of hydrogen-bond donors (Lipinski definition) is 0. The number of hydrogen-bond acceptors (Lipinski definition) is 5. The molecule has 1 aliphatic heterocycles. The van der Waals surface area contributed by atoms with E-state index < -0.39 is 0 Å². The van der Waals surface area contributed by atoms with Crippen LogP contribution in [0.25, 0.3) is 22.4 Å². The van der Waals surface area contributed by atoms with Crippen LogP contribution in [0.5, 0.6) is 0 Å². The van der Waals surface area contributed by atoms with Gasteiger partial charge in [0.1, 0.15) is 5.76 Å². The molecule has 26 heavy (non-hydrogen) atoms. The van der Waals surface area contributed by atoms with Crippen LogP contribution in [0.1, 0.15) is 31.2 Å². The van der Waals surface area contributed by atoms with Gasteiger partial charge in [0.2, 0.25) is 5.95 Å². The summed E-state index contributed by atoms with van der Waals surface area (Å²) in [5.74, 6) is 2.26. The Morgan fingerprint density at radius 1 is 1.15 bits per heavy atom. The SMILES string of the molecule is Cc1noc(C)c1-c1nc(N2CCCC(C)C2)ncc1-c1ccccc1. The van der Waals surface area contributed by atoms with Gasteiger partial charge in [0.25, 0.3) is 0 Å². The fourth-order valence-corrected chi connectivity index (χ4v) is 3.74. The highest BCUT2D eigenvalue weighted by Gasteiger charge is 2.23. The topological polar surface area (TPSA) is 55.1 Å². The lowest BCUT2D eigenvalue weighted by atomic mass is 9.99. The Morgan fingerprint density at radius 3 is 2.65 bits per heavy atom. The molecule has 0 bridgehead atoms. The van der Waals surface area contributed by atoms with Gasteiger partial charge in [0.15, 0.2) is 0 Å². The van der Waals surface area contributed by atoms with Crippen molar-refractivity contribution in [3.63, 3.8) is 0 Å². The van der Waals surface area contributed by atoms with Crippen molar-refractivity contribution in [1.82, 2.24) is 15.1 Å². The highest BCUT2D eigenvalue weighted by molar-refractivity contribution is 5.82. The number of anilines is 1. The lowest BCUT2D eigenvalue weighted by Crippen LogP contribution is -2.35. The van der Waals surface area contributed by atoms with Gasteiger partial charge in [0.05, 0.1) is 17.0 Å². The van der Waals surface area contributed by atoms with Crippen molar-refractivity contribution < 1.29 is 4.52 Å². The molecule has 1 aromatic carbocycles. The average molecular weight is 348 g/mol. The van der Waals surface area contributed by atoms with Crippen LogP contribution in [-0.2, 0) is 0 Å². The van der Waals surface area contributed by atoms with Crippen LogP contribution in [0, 0.1) is 19.8 Å². The summed E-state index contributed by atoms with van der Waals surface area (Å²) in [6.45, 7) is 8.21. The number of aromatic nitrogens is 3. The molecule has 1 atom stereocenters. The Balaban J connectivity index is 1.85. The van der Waals surface area contributed by atoms with Crippen LogP contribution < -0.4 is 4.90 Å². The Bertz CT molecular complexity index is 884. The molecule has 0 spiro atoms. The molecule has 1 saturated heterocycles. The maximum Gasteiger partial charge on any atom is 0.225 e.